The lowest BCUT2D eigenvalue weighted by Gasteiger charge is -2.11. The highest BCUT2D eigenvalue weighted by Crippen LogP contribution is 2.34. The normalized spacial score (nSPS) is 9.76. The lowest BCUT2D eigenvalue weighted by molar-refractivity contribution is 0.368. The molecular weight excluding hydrogens is 218 g/mol. The maximum Gasteiger partial charge on any atom is 0.169 e. The zero-order valence-corrected chi connectivity index (χ0v) is 9.64. The zero-order chi connectivity index (χ0) is 12.1. The van der Waals surface area contributed by atoms with Crippen LogP contribution in [0.25, 0.3) is 0 Å². The van der Waals surface area contributed by atoms with Gasteiger partial charge in [0.1, 0.15) is 11.5 Å². The van der Waals surface area contributed by atoms with Gasteiger partial charge in [0.05, 0.1) is 20.4 Å². The maximum atomic E-state index is 5.63. The number of aromatic nitrogens is 1. The van der Waals surface area contributed by atoms with E-state index in [1.165, 1.54) is 0 Å². The summed E-state index contributed by atoms with van der Waals surface area (Å²) in [5, 5.41) is 0. The van der Waals surface area contributed by atoms with E-state index in [9.17, 15) is 0 Å². The first-order valence-electron chi connectivity index (χ1n) is 5.04. The first-order chi connectivity index (χ1) is 8.33. The summed E-state index contributed by atoms with van der Waals surface area (Å²) in [4.78, 5) is 3.92. The summed E-state index contributed by atoms with van der Waals surface area (Å²) in [6, 6.07) is 9.89. The van der Waals surface area contributed by atoms with Crippen molar-refractivity contribution in [3.63, 3.8) is 0 Å². The van der Waals surface area contributed by atoms with Gasteiger partial charge in [-0.05, 0) is 18.2 Å². The molecule has 0 bridgehead atoms. The molecule has 0 unspecified atom stereocenters. The van der Waals surface area contributed by atoms with Gasteiger partial charge in [0.25, 0.3) is 0 Å². The van der Waals surface area contributed by atoms with Crippen molar-refractivity contribution < 1.29 is 14.2 Å². The van der Waals surface area contributed by atoms with Crippen LogP contribution in [0.3, 0.4) is 0 Å². The van der Waals surface area contributed by atoms with E-state index in [1.54, 1.807) is 50.9 Å². The van der Waals surface area contributed by atoms with Gasteiger partial charge >= 0.3 is 0 Å². The molecule has 0 aliphatic carbocycles. The number of hydrogen-bond donors (Lipinski definition) is 0. The Morgan fingerprint density at radius 2 is 1.94 bits per heavy atom. The monoisotopic (exact) mass is 230 g/mol. The minimum Gasteiger partial charge on any atom is -0.497 e. The number of methoxy groups -OCH3 is 2. The van der Waals surface area contributed by atoms with Crippen LogP contribution in [0.5, 0.6) is 23.0 Å². The van der Waals surface area contributed by atoms with Crippen molar-refractivity contribution in [2.45, 2.75) is 0 Å². The number of pyridine rings is 1. The molecule has 0 spiro atoms. The first-order valence-corrected chi connectivity index (χ1v) is 5.04. The molecule has 87 valence electrons. The van der Waals surface area contributed by atoms with E-state index in [2.05, 4.69) is 11.1 Å². The van der Waals surface area contributed by atoms with Crippen molar-refractivity contribution in [3.8, 4) is 23.0 Å². The number of nitrogens with zero attached hydrogens (tertiary/aromatic N) is 1. The van der Waals surface area contributed by atoms with Crippen LogP contribution >= 0.6 is 0 Å². The van der Waals surface area contributed by atoms with E-state index >= 15 is 0 Å². The van der Waals surface area contributed by atoms with E-state index in [1.807, 2.05) is 0 Å². The summed E-state index contributed by atoms with van der Waals surface area (Å²) in [6.07, 6.45) is 3.18. The fourth-order valence-corrected chi connectivity index (χ4v) is 1.35. The zero-order valence-electron chi connectivity index (χ0n) is 9.64. The van der Waals surface area contributed by atoms with Gasteiger partial charge in [0.2, 0.25) is 0 Å². The number of hydrogen-bond acceptors (Lipinski definition) is 4. The molecule has 0 saturated carbocycles. The Kier molecular flexibility index (Phi) is 3.45. The minimum atomic E-state index is 0.605. The lowest BCUT2D eigenvalue weighted by atomic mass is 10.3. The topological polar surface area (TPSA) is 40.6 Å². The third-order valence-electron chi connectivity index (χ3n) is 2.18. The van der Waals surface area contributed by atoms with Gasteiger partial charge in [-0.2, -0.15) is 0 Å². The second-order valence-corrected chi connectivity index (χ2v) is 3.24. The molecule has 1 aromatic heterocycles. The Morgan fingerprint density at radius 3 is 2.59 bits per heavy atom. The molecule has 0 aliphatic rings. The van der Waals surface area contributed by atoms with Gasteiger partial charge < -0.3 is 14.2 Å². The summed E-state index contributed by atoms with van der Waals surface area (Å²) in [6.45, 7) is 0. The number of benzene rings is 1. The van der Waals surface area contributed by atoms with E-state index < -0.39 is 0 Å². The van der Waals surface area contributed by atoms with Gasteiger partial charge in [-0.15, -0.1) is 0 Å². The van der Waals surface area contributed by atoms with Crippen molar-refractivity contribution >= 4 is 0 Å². The summed E-state index contributed by atoms with van der Waals surface area (Å²) in [5.41, 5.74) is 0. The van der Waals surface area contributed by atoms with E-state index in [0.29, 0.717) is 23.0 Å². The van der Waals surface area contributed by atoms with Crippen molar-refractivity contribution in [2.75, 3.05) is 14.2 Å². The molecule has 0 amide bonds. The van der Waals surface area contributed by atoms with Crippen LogP contribution in [0.1, 0.15) is 0 Å². The SMILES string of the molecule is COc1ccc(Oc2c[c]cnc2)c(OC)c1. The molecule has 0 aliphatic heterocycles. The predicted molar refractivity (Wildman–Crippen MR) is 62.7 cm³/mol. The van der Waals surface area contributed by atoms with Crippen LogP contribution in [0, 0.1) is 6.07 Å². The molecule has 0 atom stereocenters. The number of rotatable bonds is 4. The Bertz CT molecular complexity index is 485. The molecule has 17 heavy (non-hydrogen) atoms. The van der Waals surface area contributed by atoms with Gasteiger partial charge in [-0.25, -0.2) is 0 Å². The van der Waals surface area contributed by atoms with Crippen LogP contribution < -0.4 is 14.2 Å². The largest absolute Gasteiger partial charge is 0.497 e. The molecule has 0 saturated heterocycles. The molecule has 0 N–H and O–H groups in total. The van der Waals surface area contributed by atoms with Gasteiger partial charge in [0, 0.05) is 18.3 Å². The average molecular weight is 230 g/mol. The lowest BCUT2D eigenvalue weighted by Crippen LogP contribution is -1.92. The van der Waals surface area contributed by atoms with Crippen LogP contribution in [0.15, 0.2) is 36.7 Å². The predicted octanol–water partition coefficient (Wildman–Crippen LogP) is 2.69. The third kappa shape index (κ3) is 2.66. The van der Waals surface area contributed by atoms with Crippen LogP contribution in [-0.2, 0) is 0 Å². The Hall–Kier alpha value is -2.23. The molecule has 1 heterocycles. The van der Waals surface area contributed by atoms with Crippen molar-refractivity contribution in [3.05, 3.63) is 42.7 Å². The molecule has 1 radical (unpaired) electrons. The molecule has 0 fully saturated rings. The van der Waals surface area contributed by atoms with Gasteiger partial charge in [-0.1, -0.05) is 0 Å². The molecule has 1 aromatic carbocycles. The summed E-state index contributed by atoms with van der Waals surface area (Å²) >= 11 is 0. The fourth-order valence-electron chi connectivity index (χ4n) is 1.35. The highest BCUT2D eigenvalue weighted by atomic mass is 16.5. The van der Waals surface area contributed by atoms with Crippen LogP contribution in [-0.4, -0.2) is 19.2 Å². The van der Waals surface area contributed by atoms with E-state index in [0.717, 1.165) is 0 Å². The fraction of sp³-hybridized carbons (Fsp3) is 0.154. The van der Waals surface area contributed by atoms with Gasteiger partial charge in [-0.3, -0.25) is 4.98 Å². The van der Waals surface area contributed by atoms with Crippen molar-refractivity contribution in [2.24, 2.45) is 0 Å². The summed E-state index contributed by atoms with van der Waals surface area (Å²) < 4.78 is 16.0. The summed E-state index contributed by atoms with van der Waals surface area (Å²) in [5.74, 6) is 2.53. The Morgan fingerprint density at radius 1 is 1.06 bits per heavy atom. The molecule has 4 heteroatoms. The van der Waals surface area contributed by atoms with Crippen LogP contribution in [0.4, 0.5) is 0 Å². The highest BCUT2D eigenvalue weighted by Gasteiger charge is 2.07. The first kappa shape index (κ1) is 11.3. The Balaban J connectivity index is 2.26. The van der Waals surface area contributed by atoms with Crippen molar-refractivity contribution in [1.82, 2.24) is 4.98 Å². The van der Waals surface area contributed by atoms with E-state index in [4.69, 9.17) is 14.2 Å². The molecular formula is C13H12NO3. The second kappa shape index (κ2) is 5.21. The third-order valence-corrected chi connectivity index (χ3v) is 2.18. The molecule has 2 aromatic rings. The average Bonchev–Trinajstić information content (AvgIpc) is 2.40. The van der Waals surface area contributed by atoms with Crippen LogP contribution in [0.2, 0.25) is 0 Å². The smallest absolute Gasteiger partial charge is 0.169 e. The molecule has 2 rings (SSSR count). The van der Waals surface area contributed by atoms with E-state index in [-0.39, 0.29) is 0 Å². The standard InChI is InChI=1S/C13H12NO3/c1-15-10-5-6-12(13(8-10)16-2)17-11-4-3-7-14-9-11/h4-9H,1-2H3. The number of ether oxygens (including phenoxy) is 3. The highest BCUT2D eigenvalue weighted by molar-refractivity contribution is 5.47. The molecule has 4 nitrogen and oxygen atoms in total. The second-order valence-electron chi connectivity index (χ2n) is 3.24. The minimum absolute atomic E-state index is 0.605. The summed E-state index contributed by atoms with van der Waals surface area (Å²) in [7, 11) is 3.18. The quantitative estimate of drug-likeness (QED) is 0.809. The Labute approximate surface area is 99.8 Å². The van der Waals surface area contributed by atoms with Gasteiger partial charge in [0.15, 0.2) is 11.5 Å². The van der Waals surface area contributed by atoms with Crippen molar-refractivity contribution in [1.29, 1.82) is 0 Å². The maximum absolute atomic E-state index is 5.63.